The summed E-state index contributed by atoms with van der Waals surface area (Å²) >= 11 is 0. The van der Waals surface area contributed by atoms with E-state index in [1.54, 1.807) is 0 Å². The Balaban J connectivity index is 1.75. The molecule has 110 valence electrons. The first-order valence-electron chi connectivity index (χ1n) is 7.59. The number of rotatable bonds is 1. The van der Waals surface area contributed by atoms with Gasteiger partial charge in [-0.1, -0.05) is 0 Å². The molecule has 0 bridgehead atoms. The van der Waals surface area contributed by atoms with E-state index in [4.69, 9.17) is 0 Å². The molecule has 1 amide bonds. The molecule has 0 spiro atoms. The number of likely N-dealkylation sites (tertiary alicyclic amines) is 2. The lowest BCUT2D eigenvalue weighted by molar-refractivity contribution is 0.0316. The standard InChI is InChI=1S/C15H24N4O/c1-10-14(11(2)17-16-10)15(20)19-8-6-13-12(9-19)5-4-7-18(13)3/h12-13H,4-9H2,1-3H3,(H,16,17). The Bertz CT molecular complexity index is 490. The summed E-state index contributed by atoms with van der Waals surface area (Å²) in [5.74, 6) is 0.791. The van der Waals surface area contributed by atoms with Crippen LogP contribution in [0.4, 0.5) is 0 Å². The second-order valence-electron chi connectivity index (χ2n) is 6.30. The zero-order chi connectivity index (χ0) is 14.3. The first kappa shape index (κ1) is 13.6. The molecule has 0 aliphatic carbocycles. The van der Waals surface area contributed by atoms with Crippen molar-refractivity contribution in [2.24, 2.45) is 5.92 Å². The average molecular weight is 276 g/mol. The number of hydrogen-bond donors (Lipinski definition) is 1. The number of nitrogens with one attached hydrogen (secondary N) is 1. The summed E-state index contributed by atoms with van der Waals surface area (Å²) in [6.07, 6.45) is 3.61. The number of hydrogen-bond acceptors (Lipinski definition) is 3. The molecule has 20 heavy (non-hydrogen) atoms. The first-order chi connectivity index (χ1) is 9.58. The van der Waals surface area contributed by atoms with Gasteiger partial charge >= 0.3 is 0 Å². The van der Waals surface area contributed by atoms with Crippen LogP contribution in [-0.4, -0.2) is 58.6 Å². The number of aromatic amines is 1. The van der Waals surface area contributed by atoms with Crippen molar-refractivity contribution in [3.05, 3.63) is 17.0 Å². The molecule has 5 heteroatoms. The van der Waals surface area contributed by atoms with Crippen LogP contribution >= 0.6 is 0 Å². The van der Waals surface area contributed by atoms with Gasteiger partial charge in [0.25, 0.3) is 5.91 Å². The van der Waals surface area contributed by atoms with Gasteiger partial charge in [0.15, 0.2) is 0 Å². The van der Waals surface area contributed by atoms with E-state index in [1.165, 1.54) is 19.4 Å². The van der Waals surface area contributed by atoms with E-state index in [1.807, 2.05) is 18.7 Å². The number of amides is 1. The summed E-state index contributed by atoms with van der Waals surface area (Å²) in [5.41, 5.74) is 2.47. The zero-order valence-electron chi connectivity index (χ0n) is 12.6. The summed E-state index contributed by atoms with van der Waals surface area (Å²) in [7, 11) is 2.22. The molecule has 0 radical (unpaired) electrons. The summed E-state index contributed by atoms with van der Waals surface area (Å²) in [5, 5.41) is 7.06. The van der Waals surface area contributed by atoms with Crippen LogP contribution in [0.3, 0.4) is 0 Å². The molecule has 3 heterocycles. The topological polar surface area (TPSA) is 52.2 Å². The van der Waals surface area contributed by atoms with Crippen molar-refractivity contribution in [3.8, 4) is 0 Å². The van der Waals surface area contributed by atoms with Crippen LogP contribution in [0.2, 0.25) is 0 Å². The lowest BCUT2D eigenvalue weighted by atomic mass is 9.84. The number of aryl methyl sites for hydroxylation is 2. The SMILES string of the molecule is Cc1n[nH]c(C)c1C(=O)N1CCC2C(CCCN2C)C1. The van der Waals surface area contributed by atoms with Crippen molar-refractivity contribution in [2.45, 2.75) is 39.2 Å². The quantitative estimate of drug-likeness (QED) is 0.847. The Morgan fingerprint density at radius 2 is 2.10 bits per heavy atom. The molecular formula is C15H24N4O. The minimum atomic E-state index is 0.153. The average Bonchev–Trinajstić information content (AvgIpc) is 2.77. The van der Waals surface area contributed by atoms with E-state index in [0.717, 1.165) is 36.5 Å². The number of piperidine rings is 2. The summed E-state index contributed by atoms with van der Waals surface area (Å²) in [6.45, 7) is 6.80. The molecule has 2 aliphatic rings. The predicted octanol–water partition coefficient (Wildman–Crippen LogP) is 1.58. The number of nitrogens with zero attached hydrogens (tertiary/aromatic N) is 3. The predicted molar refractivity (Wildman–Crippen MR) is 77.7 cm³/mol. The van der Waals surface area contributed by atoms with Crippen molar-refractivity contribution in [1.29, 1.82) is 0 Å². The fourth-order valence-corrected chi connectivity index (χ4v) is 3.86. The van der Waals surface area contributed by atoms with Crippen LogP contribution in [0.15, 0.2) is 0 Å². The fourth-order valence-electron chi connectivity index (χ4n) is 3.86. The van der Waals surface area contributed by atoms with Gasteiger partial charge in [0.1, 0.15) is 0 Å². The number of carbonyl (C=O) groups is 1. The Hall–Kier alpha value is -1.36. The lowest BCUT2D eigenvalue weighted by Crippen LogP contribution is -2.54. The van der Waals surface area contributed by atoms with Gasteiger partial charge in [-0.3, -0.25) is 9.89 Å². The van der Waals surface area contributed by atoms with Gasteiger partial charge in [0, 0.05) is 24.8 Å². The van der Waals surface area contributed by atoms with Crippen molar-refractivity contribution < 1.29 is 4.79 Å². The highest BCUT2D eigenvalue weighted by molar-refractivity contribution is 5.96. The van der Waals surface area contributed by atoms with Gasteiger partial charge < -0.3 is 9.80 Å². The van der Waals surface area contributed by atoms with E-state index < -0.39 is 0 Å². The fraction of sp³-hybridized carbons (Fsp3) is 0.733. The molecule has 2 atom stereocenters. The van der Waals surface area contributed by atoms with E-state index in [0.29, 0.717) is 12.0 Å². The third kappa shape index (κ3) is 2.24. The van der Waals surface area contributed by atoms with E-state index in [9.17, 15) is 4.79 Å². The third-order valence-electron chi connectivity index (χ3n) is 4.97. The Morgan fingerprint density at radius 3 is 2.80 bits per heavy atom. The van der Waals surface area contributed by atoms with Gasteiger partial charge in [-0.2, -0.15) is 5.10 Å². The molecule has 1 aromatic rings. The molecule has 2 aliphatic heterocycles. The van der Waals surface area contributed by atoms with Crippen molar-refractivity contribution >= 4 is 5.91 Å². The van der Waals surface area contributed by atoms with Crippen molar-refractivity contribution in [1.82, 2.24) is 20.0 Å². The van der Waals surface area contributed by atoms with Gasteiger partial charge in [-0.25, -0.2) is 0 Å². The first-order valence-corrected chi connectivity index (χ1v) is 7.59. The second-order valence-corrected chi connectivity index (χ2v) is 6.30. The van der Waals surface area contributed by atoms with E-state index >= 15 is 0 Å². The van der Waals surface area contributed by atoms with Crippen LogP contribution < -0.4 is 0 Å². The maximum atomic E-state index is 12.7. The Labute approximate surface area is 120 Å². The highest BCUT2D eigenvalue weighted by atomic mass is 16.2. The maximum absolute atomic E-state index is 12.7. The number of H-pyrrole nitrogens is 1. The molecular weight excluding hydrogens is 252 g/mol. The van der Waals surface area contributed by atoms with E-state index in [2.05, 4.69) is 22.1 Å². The van der Waals surface area contributed by atoms with Crippen molar-refractivity contribution in [3.63, 3.8) is 0 Å². The molecule has 0 aromatic carbocycles. The van der Waals surface area contributed by atoms with Crippen molar-refractivity contribution in [2.75, 3.05) is 26.7 Å². The van der Waals surface area contributed by atoms with Crippen LogP contribution in [0.1, 0.15) is 41.0 Å². The van der Waals surface area contributed by atoms with Gasteiger partial charge in [-0.05, 0) is 52.6 Å². The number of aromatic nitrogens is 2. The van der Waals surface area contributed by atoms with Gasteiger partial charge in [0.05, 0.1) is 11.3 Å². The molecule has 2 saturated heterocycles. The largest absolute Gasteiger partial charge is 0.338 e. The number of fused-ring (bicyclic) bond motifs is 1. The second kappa shape index (κ2) is 5.20. The highest BCUT2D eigenvalue weighted by Crippen LogP contribution is 2.30. The minimum Gasteiger partial charge on any atom is -0.338 e. The smallest absolute Gasteiger partial charge is 0.257 e. The van der Waals surface area contributed by atoms with Gasteiger partial charge in [-0.15, -0.1) is 0 Å². The van der Waals surface area contributed by atoms with E-state index in [-0.39, 0.29) is 5.91 Å². The monoisotopic (exact) mass is 276 g/mol. The normalized spacial score (nSPS) is 27.4. The summed E-state index contributed by atoms with van der Waals surface area (Å²) < 4.78 is 0. The molecule has 1 N–H and O–H groups in total. The van der Waals surface area contributed by atoms with Crippen LogP contribution in [0.5, 0.6) is 0 Å². The number of carbonyl (C=O) groups excluding carboxylic acids is 1. The molecule has 3 rings (SSSR count). The molecule has 2 unspecified atom stereocenters. The van der Waals surface area contributed by atoms with Crippen LogP contribution in [-0.2, 0) is 0 Å². The lowest BCUT2D eigenvalue weighted by Gasteiger charge is -2.46. The Kier molecular flexibility index (Phi) is 3.54. The van der Waals surface area contributed by atoms with Crippen LogP contribution in [0, 0.1) is 19.8 Å². The maximum Gasteiger partial charge on any atom is 0.257 e. The molecule has 2 fully saturated rings. The zero-order valence-corrected chi connectivity index (χ0v) is 12.6. The summed E-state index contributed by atoms with van der Waals surface area (Å²) in [4.78, 5) is 17.2. The molecule has 0 saturated carbocycles. The molecule has 1 aromatic heterocycles. The van der Waals surface area contributed by atoms with Crippen LogP contribution in [0.25, 0.3) is 0 Å². The van der Waals surface area contributed by atoms with Gasteiger partial charge in [0.2, 0.25) is 0 Å². The Morgan fingerprint density at radius 1 is 1.30 bits per heavy atom. The minimum absolute atomic E-state index is 0.153. The highest BCUT2D eigenvalue weighted by Gasteiger charge is 2.36. The molecule has 5 nitrogen and oxygen atoms in total. The third-order valence-corrected chi connectivity index (χ3v) is 4.97. The summed E-state index contributed by atoms with van der Waals surface area (Å²) in [6, 6.07) is 0.666.